The Morgan fingerprint density at radius 1 is 1.33 bits per heavy atom. The number of anilines is 1. The summed E-state index contributed by atoms with van der Waals surface area (Å²) >= 11 is 1.72. The Bertz CT molecular complexity index is 604. The first-order valence-corrected chi connectivity index (χ1v) is 8.84. The van der Waals surface area contributed by atoms with Gasteiger partial charge in [0.2, 0.25) is 5.91 Å². The minimum Gasteiger partial charge on any atom is -0.345 e. The smallest absolute Gasteiger partial charge is 0.239 e. The summed E-state index contributed by atoms with van der Waals surface area (Å²) in [5.74, 6) is -0.227. The molecule has 0 bridgehead atoms. The molecule has 1 fully saturated rings. The summed E-state index contributed by atoms with van der Waals surface area (Å²) in [4.78, 5) is 24.6. The molecular formula is C17H25N3O3S. The molecule has 0 radical (unpaired) electrons. The van der Waals surface area contributed by atoms with Crippen LogP contribution in [0.1, 0.15) is 33.3 Å². The Hall–Kier alpha value is -1.57. The SMILES string of the molecule is CC(=O)C(Cc1ccc(NO)cc1)NC(=O)C1NC(C)SC1(C)C. The predicted molar refractivity (Wildman–Crippen MR) is 96.2 cm³/mol. The maximum Gasteiger partial charge on any atom is 0.239 e. The second-order valence-corrected chi connectivity index (χ2v) is 8.64. The van der Waals surface area contributed by atoms with Crippen LogP contribution >= 0.6 is 11.8 Å². The van der Waals surface area contributed by atoms with E-state index < -0.39 is 6.04 Å². The van der Waals surface area contributed by atoms with Crippen LogP contribution < -0.4 is 16.1 Å². The van der Waals surface area contributed by atoms with E-state index in [1.165, 1.54) is 6.92 Å². The van der Waals surface area contributed by atoms with Gasteiger partial charge in [-0.05, 0) is 51.8 Å². The zero-order valence-electron chi connectivity index (χ0n) is 14.4. The molecule has 3 atom stereocenters. The summed E-state index contributed by atoms with van der Waals surface area (Å²) in [6.45, 7) is 7.57. The molecule has 1 aromatic carbocycles. The average molecular weight is 351 g/mol. The van der Waals surface area contributed by atoms with Gasteiger partial charge in [0.1, 0.15) is 6.04 Å². The standard InChI is InChI=1S/C17H25N3O3S/c1-10(21)14(9-12-5-7-13(20-23)8-6-12)19-16(22)15-17(3,4)24-11(2)18-15/h5-8,11,14-15,18,20,23H,9H2,1-4H3,(H,19,22). The predicted octanol–water partition coefficient (Wildman–Crippen LogP) is 1.93. The summed E-state index contributed by atoms with van der Waals surface area (Å²) in [7, 11) is 0. The van der Waals surface area contributed by atoms with Crippen LogP contribution in [0.5, 0.6) is 0 Å². The molecular weight excluding hydrogens is 326 g/mol. The minimum absolute atomic E-state index is 0.0794. The molecule has 7 heteroatoms. The molecule has 132 valence electrons. The topological polar surface area (TPSA) is 90.5 Å². The number of nitrogens with one attached hydrogen (secondary N) is 3. The van der Waals surface area contributed by atoms with Crippen LogP contribution in [-0.4, -0.2) is 39.1 Å². The lowest BCUT2D eigenvalue weighted by Gasteiger charge is -2.26. The van der Waals surface area contributed by atoms with E-state index in [0.29, 0.717) is 12.1 Å². The number of hydrogen-bond donors (Lipinski definition) is 4. The minimum atomic E-state index is -0.566. The second-order valence-electron chi connectivity index (χ2n) is 6.65. The third-order valence-corrected chi connectivity index (χ3v) is 5.50. The van der Waals surface area contributed by atoms with Crippen molar-refractivity contribution < 1.29 is 14.8 Å². The van der Waals surface area contributed by atoms with Crippen LogP contribution in [0.2, 0.25) is 0 Å². The van der Waals surface area contributed by atoms with Crippen molar-refractivity contribution in [1.82, 2.24) is 10.6 Å². The van der Waals surface area contributed by atoms with Crippen molar-refractivity contribution in [3.05, 3.63) is 29.8 Å². The van der Waals surface area contributed by atoms with Crippen molar-refractivity contribution in [2.24, 2.45) is 0 Å². The van der Waals surface area contributed by atoms with Gasteiger partial charge in [-0.2, -0.15) is 0 Å². The van der Waals surface area contributed by atoms with Gasteiger partial charge in [-0.1, -0.05) is 12.1 Å². The van der Waals surface area contributed by atoms with Crippen LogP contribution in [0.4, 0.5) is 5.69 Å². The van der Waals surface area contributed by atoms with Crippen LogP contribution in [0.3, 0.4) is 0 Å². The fourth-order valence-electron chi connectivity index (χ4n) is 2.89. The number of ketones is 1. The lowest BCUT2D eigenvalue weighted by Crippen LogP contribution is -2.54. The number of rotatable bonds is 6. The largest absolute Gasteiger partial charge is 0.345 e. The summed E-state index contributed by atoms with van der Waals surface area (Å²) < 4.78 is -0.223. The van der Waals surface area contributed by atoms with E-state index in [1.807, 2.05) is 32.9 Å². The maximum absolute atomic E-state index is 12.6. The molecule has 3 unspecified atom stereocenters. The summed E-state index contributed by atoms with van der Waals surface area (Å²) in [5, 5.41) is 15.2. The highest BCUT2D eigenvalue weighted by molar-refractivity contribution is 8.01. The van der Waals surface area contributed by atoms with E-state index in [-0.39, 0.29) is 27.9 Å². The molecule has 1 aliphatic heterocycles. The van der Waals surface area contributed by atoms with Crippen molar-refractivity contribution in [2.45, 2.75) is 56.3 Å². The van der Waals surface area contributed by atoms with Crippen LogP contribution in [-0.2, 0) is 16.0 Å². The van der Waals surface area contributed by atoms with Gasteiger partial charge in [0, 0.05) is 4.75 Å². The first-order chi connectivity index (χ1) is 11.2. The number of carbonyl (C=O) groups excluding carboxylic acids is 2. The molecule has 1 saturated heterocycles. The number of hydrogen-bond acceptors (Lipinski definition) is 6. The lowest BCUT2D eigenvalue weighted by molar-refractivity contribution is -0.128. The van der Waals surface area contributed by atoms with Crippen molar-refractivity contribution in [3.63, 3.8) is 0 Å². The molecule has 1 amide bonds. The van der Waals surface area contributed by atoms with Gasteiger partial charge in [-0.15, -0.1) is 11.8 Å². The van der Waals surface area contributed by atoms with Gasteiger partial charge in [0.15, 0.2) is 5.78 Å². The van der Waals surface area contributed by atoms with E-state index in [2.05, 4.69) is 16.1 Å². The quantitative estimate of drug-likeness (QED) is 0.586. The van der Waals surface area contributed by atoms with Crippen molar-refractivity contribution in [2.75, 3.05) is 5.48 Å². The van der Waals surface area contributed by atoms with Crippen LogP contribution in [0, 0.1) is 0 Å². The molecule has 1 aromatic rings. The molecule has 6 nitrogen and oxygen atoms in total. The summed E-state index contributed by atoms with van der Waals surface area (Å²) in [5.41, 5.74) is 3.55. The fourth-order valence-corrected chi connectivity index (χ4v) is 4.31. The van der Waals surface area contributed by atoms with Crippen molar-refractivity contribution in [3.8, 4) is 0 Å². The van der Waals surface area contributed by atoms with Crippen LogP contribution in [0.25, 0.3) is 0 Å². The van der Waals surface area contributed by atoms with Crippen LogP contribution in [0.15, 0.2) is 24.3 Å². The van der Waals surface area contributed by atoms with E-state index in [4.69, 9.17) is 5.21 Å². The monoisotopic (exact) mass is 351 g/mol. The number of thioether (sulfide) groups is 1. The molecule has 0 aromatic heterocycles. The Labute approximate surface area is 146 Å². The Kier molecular flexibility index (Phi) is 5.90. The highest BCUT2D eigenvalue weighted by Crippen LogP contribution is 2.37. The Morgan fingerprint density at radius 2 is 1.96 bits per heavy atom. The fraction of sp³-hybridized carbons (Fsp3) is 0.529. The zero-order valence-corrected chi connectivity index (χ0v) is 15.2. The van der Waals surface area contributed by atoms with Gasteiger partial charge in [-0.3, -0.25) is 25.6 Å². The van der Waals surface area contributed by atoms with Gasteiger partial charge in [0.05, 0.1) is 17.1 Å². The van der Waals surface area contributed by atoms with Gasteiger partial charge in [-0.25, -0.2) is 0 Å². The van der Waals surface area contributed by atoms with Gasteiger partial charge in [0.25, 0.3) is 0 Å². The summed E-state index contributed by atoms with van der Waals surface area (Å²) in [6, 6.07) is 6.17. The molecule has 24 heavy (non-hydrogen) atoms. The number of Topliss-reactive ketones (excluding diaryl/α,β-unsaturated/α-hetero) is 1. The number of carbonyl (C=O) groups is 2. The molecule has 1 heterocycles. The maximum atomic E-state index is 12.6. The zero-order chi connectivity index (χ0) is 17.9. The van der Waals surface area contributed by atoms with E-state index in [9.17, 15) is 9.59 Å². The molecule has 1 aliphatic rings. The molecule has 0 saturated carbocycles. The molecule has 0 spiro atoms. The first kappa shape index (κ1) is 18.8. The van der Waals surface area contributed by atoms with E-state index in [0.717, 1.165) is 5.56 Å². The number of amides is 1. The Balaban J connectivity index is 2.05. The highest BCUT2D eigenvalue weighted by atomic mass is 32.2. The lowest BCUT2D eigenvalue weighted by atomic mass is 9.99. The first-order valence-electron chi connectivity index (χ1n) is 7.96. The van der Waals surface area contributed by atoms with Crippen molar-refractivity contribution >= 4 is 29.1 Å². The molecule has 0 aliphatic carbocycles. The second kappa shape index (κ2) is 7.55. The third-order valence-electron chi connectivity index (χ3n) is 4.17. The summed E-state index contributed by atoms with van der Waals surface area (Å²) in [6.07, 6.45) is 0.419. The Morgan fingerprint density at radius 3 is 2.42 bits per heavy atom. The van der Waals surface area contributed by atoms with E-state index in [1.54, 1.807) is 23.9 Å². The normalized spacial score (nSPS) is 23.5. The molecule has 4 N–H and O–H groups in total. The van der Waals surface area contributed by atoms with Gasteiger partial charge < -0.3 is 5.32 Å². The number of benzene rings is 1. The van der Waals surface area contributed by atoms with Crippen molar-refractivity contribution in [1.29, 1.82) is 0 Å². The van der Waals surface area contributed by atoms with Gasteiger partial charge >= 0.3 is 0 Å². The van der Waals surface area contributed by atoms with E-state index >= 15 is 0 Å². The third kappa shape index (κ3) is 4.49. The molecule has 2 rings (SSSR count). The average Bonchev–Trinajstić information content (AvgIpc) is 2.79. The highest BCUT2D eigenvalue weighted by Gasteiger charge is 2.43.